The molecule has 0 amide bonds. The zero-order valence-electron chi connectivity index (χ0n) is 33.6. The summed E-state index contributed by atoms with van der Waals surface area (Å²) in [6.45, 7) is 24.3. The Bertz CT molecular complexity index is 1380. The monoisotopic (exact) mass is 711 g/mol. The summed E-state index contributed by atoms with van der Waals surface area (Å²) < 4.78 is 12.4. The van der Waals surface area contributed by atoms with Gasteiger partial charge in [-0.25, -0.2) is 9.37 Å². The van der Waals surface area contributed by atoms with Crippen molar-refractivity contribution in [2.24, 2.45) is 29.6 Å². The first-order valence-electron chi connectivity index (χ1n) is 18.8. The van der Waals surface area contributed by atoms with Crippen LogP contribution in [-0.2, 0) is 32.1 Å². The number of halogens is 1. The van der Waals surface area contributed by atoms with Crippen molar-refractivity contribution in [2.75, 3.05) is 0 Å². The summed E-state index contributed by atoms with van der Waals surface area (Å²) in [5.41, 5.74) is 9.90. The number of benzene rings is 3. The van der Waals surface area contributed by atoms with E-state index in [0.29, 0.717) is 5.92 Å². The van der Waals surface area contributed by atoms with E-state index < -0.39 is 0 Å². The van der Waals surface area contributed by atoms with Gasteiger partial charge in [0, 0.05) is 17.8 Å². The number of pyridine rings is 1. The Morgan fingerprint density at radius 2 is 0.941 bits per heavy atom. The molecule has 0 spiro atoms. The van der Waals surface area contributed by atoms with Crippen LogP contribution in [0.5, 0.6) is 0 Å². The zero-order chi connectivity index (χ0) is 38.0. The fourth-order valence-electron chi connectivity index (χ4n) is 5.12. The number of thiazole rings is 1. The van der Waals surface area contributed by atoms with E-state index in [-0.39, 0.29) is 5.82 Å². The lowest BCUT2D eigenvalue weighted by Crippen LogP contribution is -1.93. The molecule has 3 aromatic carbocycles. The number of nitrogens with zero attached hydrogens (tertiary/aromatic N) is 2. The third kappa shape index (κ3) is 25.9. The molecule has 2 heterocycles. The number of rotatable bonds is 10. The van der Waals surface area contributed by atoms with Gasteiger partial charge in [-0.2, -0.15) is 0 Å². The predicted octanol–water partition coefficient (Wildman–Crippen LogP) is 13.7. The molecule has 0 saturated heterocycles. The molecule has 4 heteroatoms. The number of aryl methyl sites for hydroxylation is 1. The van der Waals surface area contributed by atoms with E-state index in [1.807, 2.05) is 36.1 Å². The fourth-order valence-corrected chi connectivity index (χ4v) is 5.69. The Morgan fingerprint density at radius 3 is 1.35 bits per heavy atom. The molecule has 0 aliphatic carbocycles. The maximum absolute atomic E-state index is 12.4. The highest BCUT2D eigenvalue weighted by Gasteiger charge is 1.99. The Morgan fingerprint density at radius 1 is 0.510 bits per heavy atom. The van der Waals surface area contributed by atoms with Crippen LogP contribution in [0.25, 0.3) is 0 Å². The zero-order valence-corrected chi connectivity index (χ0v) is 34.4. The number of aromatic nitrogens is 2. The van der Waals surface area contributed by atoms with Crippen molar-refractivity contribution in [3.8, 4) is 0 Å². The van der Waals surface area contributed by atoms with Gasteiger partial charge in [0.05, 0.1) is 11.2 Å². The summed E-state index contributed by atoms with van der Waals surface area (Å²) >= 11 is 1.67. The molecule has 0 aliphatic heterocycles. The topological polar surface area (TPSA) is 25.8 Å². The lowest BCUT2D eigenvalue weighted by molar-refractivity contribution is 0.620. The van der Waals surface area contributed by atoms with Crippen LogP contribution in [-0.4, -0.2) is 9.97 Å². The normalized spacial score (nSPS) is 10.5. The molecular weight excluding hydrogens is 644 g/mol. The smallest absolute Gasteiger partial charge is 0.123 e. The van der Waals surface area contributed by atoms with Gasteiger partial charge < -0.3 is 0 Å². The third-order valence-electron chi connectivity index (χ3n) is 7.28. The van der Waals surface area contributed by atoms with Crippen molar-refractivity contribution in [1.82, 2.24) is 9.97 Å². The van der Waals surface area contributed by atoms with Crippen LogP contribution in [0.2, 0.25) is 0 Å². The van der Waals surface area contributed by atoms with E-state index >= 15 is 0 Å². The minimum atomic E-state index is -0.155. The largest absolute Gasteiger partial charge is 0.264 e. The summed E-state index contributed by atoms with van der Waals surface area (Å²) in [5.74, 6) is 3.47. The molecule has 0 unspecified atom stereocenters. The highest BCUT2D eigenvalue weighted by molar-refractivity contribution is 7.07. The maximum Gasteiger partial charge on any atom is 0.123 e. The molecule has 2 aromatic heterocycles. The average Bonchev–Trinajstić information content (AvgIpc) is 3.57. The third-order valence-corrected chi connectivity index (χ3v) is 7.91. The second-order valence-corrected chi connectivity index (χ2v) is 16.1. The maximum atomic E-state index is 12.4. The van der Waals surface area contributed by atoms with Crippen LogP contribution >= 0.6 is 11.3 Å². The molecule has 278 valence electrons. The van der Waals surface area contributed by atoms with E-state index in [1.54, 1.807) is 11.3 Å². The second kappa shape index (κ2) is 27.1. The SMILES string of the molecule is CC(C)Cc1ccc(F)cc1.CC(C)Cc1ccccc1.CC(C)Cc1cccnc1.CC(C)Cc1cscn1.Cc1ccc(CC(C)C)cc1. The minimum Gasteiger partial charge on any atom is -0.264 e. The molecule has 0 atom stereocenters. The summed E-state index contributed by atoms with van der Waals surface area (Å²) in [6, 6.07) is 30.2. The number of hydrogen-bond donors (Lipinski definition) is 0. The summed E-state index contributed by atoms with van der Waals surface area (Å²) in [5, 5.41) is 2.11. The standard InChI is InChI=1S/C11H16.C10H13F.C10H14.C9H13N.C7H11NS/c1-9(2)8-11-6-4-10(3)5-7-11;1-8(2)7-9-3-5-10(11)6-4-9;1-9(2)8-10-6-4-3-5-7-10;1-8(2)6-9-4-3-5-10-7-9;1-6(2)3-7-4-9-5-8-7/h4-7,9H,8H2,1-3H3;3-6,8H,7H2,1-2H3;3-7,9H,8H2,1-2H3;3-5,7-8H,6H2,1-2H3;4-6H,3H2,1-2H3. The Hall–Kier alpha value is -3.63. The minimum absolute atomic E-state index is 0.155. The van der Waals surface area contributed by atoms with Crippen LogP contribution in [0.3, 0.4) is 0 Å². The summed E-state index contributed by atoms with van der Waals surface area (Å²) in [4.78, 5) is 8.21. The molecule has 5 aromatic rings. The second-order valence-electron chi connectivity index (χ2n) is 15.4. The van der Waals surface area contributed by atoms with Crippen molar-refractivity contribution in [3.63, 3.8) is 0 Å². The highest BCUT2D eigenvalue weighted by Crippen LogP contribution is 2.11. The first kappa shape index (κ1) is 45.4. The molecule has 5 rings (SSSR count). The molecule has 0 aliphatic rings. The molecule has 0 bridgehead atoms. The van der Waals surface area contributed by atoms with Gasteiger partial charge in [0.2, 0.25) is 0 Å². The van der Waals surface area contributed by atoms with Crippen molar-refractivity contribution in [3.05, 3.63) is 154 Å². The first-order chi connectivity index (χ1) is 24.2. The molecule has 0 fully saturated rings. The average molecular weight is 711 g/mol. The lowest BCUT2D eigenvalue weighted by Gasteiger charge is -2.04. The van der Waals surface area contributed by atoms with Crippen LogP contribution in [0.1, 0.15) is 103 Å². The molecule has 0 saturated carbocycles. The van der Waals surface area contributed by atoms with Gasteiger partial charge in [0.15, 0.2) is 0 Å². The van der Waals surface area contributed by atoms with Gasteiger partial charge in [-0.3, -0.25) is 4.98 Å². The molecular formula is C47H67FN2S. The predicted molar refractivity (Wildman–Crippen MR) is 223 cm³/mol. The fraction of sp³-hybridized carbons (Fsp3) is 0.447. The Labute approximate surface area is 316 Å². The first-order valence-corrected chi connectivity index (χ1v) is 19.8. The van der Waals surface area contributed by atoms with Gasteiger partial charge >= 0.3 is 0 Å². The Kier molecular flexibility index (Phi) is 24.1. The molecule has 2 nitrogen and oxygen atoms in total. The Balaban J connectivity index is 0.000000319. The quantitative estimate of drug-likeness (QED) is 0.144. The highest BCUT2D eigenvalue weighted by atomic mass is 32.1. The number of hydrogen-bond acceptors (Lipinski definition) is 3. The van der Waals surface area contributed by atoms with Crippen molar-refractivity contribution >= 4 is 11.3 Å². The summed E-state index contributed by atoms with van der Waals surface area (Å²) in [7, 11) is 0. The molecule has 0 radical (unpaired) electrons. The molecule has 0 N–H and O–H groups in total. The van der Waals surface area contributed by atoms with Crippen molar-refractivity contribution in [2.45, 2.75) is 108 Å². The van der Waals surface area contributed by atoms with E-state index in [0.717, 1.165) is 42.9 Å². The van der Waals surface area contributed by atoms with Crippen LogP contribution in [0.4, 0.5) is 4.39 Å². The van der Waals surface area contributed by atoms with Gasteiger partial charge in [0.1, 0.15) is 5.82 Å². The van der Waals surface area contributed by atoms with Gasteiger partial charge in [-0.1, -0.05) is 148 Å². The van der Waals surface area contributed by atoms with Gasteiger partial charge in [-0.05, 0) is 109 Å². The summed E-state index contributed by atoms with van der Waals surface area (Å²) in [6.07, 6.45) is 9.41. The van der Waals surface area contributed by atoms with E-state index in [1.165, 1.54) is 58.5 Å². The molecule has 51 heavy (non-hydrogen) atoms. The van der Waals surface area contributed by atoms with Crippen LogP contribution in [0, 0.1) is 42.3 Å². The van der Waals surface area contributed by atoms with Crippen LogP contribution in [0.15, 0.2) is 114 Å². The van der Waals surface area contributed by atoms with Gasteiger partial charge in [0.25, 0.3) is 0 Å². The lowest BCUT2D eigenvalue weighted by atomic mass is 10.0. The van der Waals surface area contributed by atoms with E-state index in [9.17, 15) is 4.39 Å². The van der Waals surface area contributed by atoms with Crippen molar-refractivity contribution < 1.29 is 4.39 Å². The van der Waals surface area contributed by atoms with E-state index in [4.69, 9.17) is 0 Å². The van der Waals surface area contributed by atoms with Gasteiger partial charge in [-0.15, -0.1) is 11.3 Å². The van der Waals surface area contributed by atoms with Crippen LogP contribution < -0.4 is 0 Å². The van der Waals surface area contributed by atoms with E-state index in [2.05, 4.69) is 152 Å². The van der Waals surface area contributed by atoms with Crippen molar-refractivity contribution in [1.29, 1.82) is 0 Å².